The van der Waals surface area contributed by atoms with Crippen LogP contribution in [0.5, 0.6) is 0 Å². The maximum absolute atomic E-state index is 12.4. The molecule has 3 rings (SSSR count). The van der Waals surface area contributed by atoms with E-state index in [2.05, 4.69) is 51.3 Å². The van der Waals surface area contributed by atoms with E-state index in [-0.39, 0.29) is 0 Å². The molecule has 150 valence electrons. The van der Waals surface area contributed by atoms with Crippen LogP contribution < -0.4 is 15.7 Å². The Bertz CT molecular complexity index is 787. The number of hydroxylamine groups is 1. The number of nitrogens with zero attached hydrogens (tertiary/aromatic N) is 2. The van der Waals surface area contributed by atoms with Crippen LogP contribution in [-0.4, -0.2) is 65.5 Å². The molecule has 0 saturated carbocycles. The quantitative estimate of drug-likeness (QED) is 0.447. The highest BCUT2D eigenvalue weighted by atomic mass is 32.1. The van der Waals surface area contributed by atoms with E-state index in [1.165, 1.54) is 23.5 Å². The number of hydrogen-bond acceptors (Lipinski definition) is 6. The molecule has 9 heteroatoms. The number of rotatable bonds is 5. The molecule has 0 bridgehead atoms. The number of thiophene rings is 1. The van der Waals surface area contributed by atoms with Gasteiger partial charge in [-0.2, -0.15) is 11.3 Å². The number of urea groups is 1. The van der Waals surface area contributed by atoms with Crippen LogP contribution in [0.4, 0.5) is 10.5 Å². The summed E-state index contributed by atoms with van der Waals surface area (Å²) in [6.07, 6.45) is -1.13. The van der Waals surface area contributed by atoms with Gasteiger partial charge in [0.05, 0.1) is 6.10 Å². The van der Waals surface area contributed by atoms with Crippen LogP contribution in [0.2, 0.25) is 0 Å². The summed E-state index contributed by atoms with van der Waals surface area (Å²) in [5.74, 6) is -0.854. The Labute approximate surface area is 167 Å². The van der Waals surface area contributed by atoms with Gasteiger partial charge in [-0.15, -0.1) is 0 Å². The Hall–Kier alpha value is -2.62. The van der Waals surface area contributed by atoms with Crippen LogP contribution in [0.1, 0.15) is 6.92 Å². The van der Waals surface area contributed by atoms with Crippen molar-refractivity contribution in [3.05, 3.63) is 41.1 Å². The summed E-state index contributed by atoms with van der Waals surface area (Å²) in [6, 6.07) is 8.79. The second kappa shape index (κ2) is 9.05. The van der Waals surface area contributed by atoms with Gasteiger partial charge in [0.1, 0.15) is 6.04 Å². The average molecular weight is 404 g/mol. The van der Waals surface area contributed by atoms with Crippen LogP contribution >= 0.6 is 11.3 Å². The molecule has 8 nitrogen and oxygen atoms in total. The summed E-state index contributed by atoms with van der Waals surface area (Å²) in [7, 11) is 0. The molecule has 28 heavy (non-hydrogen) atoms. The Morgan fingerprint density at radius 3 is 2.29 bits per heavy atom. The van der Waals surface area contributed by atoms with Crippen molar-refractivity contribution in [2.75, 3.05) is 31.1 Å². The van der Waals surface area contributed by atoms with Crippen LogP contribution in [0, 0.1) is 0 Å². The second-order valence-electron chi connectivity index (χ2n) is 6.68. The molecule has 0 unspecified atom stereocenters. The molecule has 1 aromatic carbocycles. The van der Waals surface area contributed by atoms with Gasteiger partial charge in [-0.3, -0.25) is 10.0 Å². The fourth-order valence-corrected chi connectivity index (χ4v) is 3.83. The lowest BCUT2D eigenvalue weighted by molar-refractivity contribution is -0.133. The third kappa shape index (κ3) is 4.61. The third-order valence-electron chi connectivity index (χ3n) is 4.81. The number of carbonyl (C=O) groups is 2. The molecule has 4 N–H and O–H groups in total. The first kappa shape index (κ1) is 20.1. The lowest BCUT2D eigenvalue weighted by Crippen LogP contribution is -2.58. The monoisotopic (exact) mass is 404 g/mol. The van der Waals surface area contributed by atoms with E-state index in [4.69, 9.17) is 5.21 Å². The van der Waals surface area contributed by atoms with Crippen molar-refractivity contribution in [3.8, 4) is 11.1 Å². The Kier molecular flexibility index (Phi) is 6.50. The average Bonchev–Trinajstić information content (AvgIpc) is 3.26. The number of anilines is 1. The zero-order valence-electron chi connectivity index (χ0n) is 15.5. The molecule has 1 fully saturated rings. The molecule has 2 atom stereocenters. The number of piperazine rings is 1. The SMILES string of the molecule is C[C@H](O)[C@@H](NC(=O)N1CCN(c2ccc(-c3ccsc3)cc2)CC1)C(=O)NO. The van der Waals surface area contributed by atoms with Gasteiger partial charge in [-0.05, 0) is 47.0 Å². The molecule has 1 aromatic heterocycles. The largest absolute Gasteiger partial charge is 0.391 e. The minimum absolute atomic E-state index is 0.443. The van der Waals surface area contributed by atoms with Crippen molar-refractivity contribution in [3.63, 3.8) is 0 Å². The standard InChI is InChI=1S/C19H24N4O4S/c1-13(24)17(18(25)21-27)20-19(26)23-9-7-22(8-10-23)16-4-2-14(3-5-16)15-6-11-28-12-15/h2-6,11-13,17,24,27H,7-10H2,1H3,(H,20,26)(H,21,25)/t13-,17+/m0/s1. The summed E-state index contributed by atoms with van der Waals surface area (Å²) in [4.78, 5) is 27.7. The summed E-state index contributed by atoms with van der Waals surface area (Å²) < 4.78 is 0. The minimum atomic E-state index is -1.21. The molecule has 0 aliphatic carbocycles. The van der Waals surface area contributed by atoms with Gasteiger partial charge >= 0.3 is 6.03 Å². The van der Waals surface area contributed by atoms with Gasteiger partial charge in [0, 0.05) is 31.9 Å². The number of benzene rings is 1. The third-order valence-corrected chi connectivity index (χ3v) is 5.49. The number of amides is 3. The second-order valence-corrected chi connectivity index (χ2v) is 7.46. The zero-order chi connectivity index (χ0) is 20.1. The Morgan fingerprint density at radius 2 is 1.75 bits per heavy atom. The van der Waals surface area contributed by atoms with Crippen LogP contribution in [0.15, 0.2) is 41.1 Å². The van der Waals surface area contributed by atoms with E-state index in [1.54, 1.807) is 16.2 Å². The highest BCUT2D eigenvalue weighted by Gasteiger charge is 2.29. The number of nitrogens with one attached hydrogen (secondary N) is 2. The molecular weight excluding hydrogens is 380 g/mol. The van der Waals surface area contributed by atoms with Gasteiger partial charge in [0.25, 0.3) is 5.91 Å². The van der Waals surface area contributed by atoms with E-state index in [0.29, 0.717) is 26.2 Å². The number of hydrogen-bond donors (Lipinski definition) is 4. The van der Waals surface area contributed by atoms with Crippen molar-refractivity contribution < 1.29 is 19.9 Å². The molecule has 0 radical (unpaired) electrons. The lowest BCUT2D eigenvalue weighted by Gasteiger charge is -2.36. The molecule has 1 aliphatic heterocycles. The topological polar surface area (TPSA) is 105 Å². The van der Waals surface area contributed by atoms with Crippen molar-refractivity contribution in [2.24, 2.45) is 0 Å². The summed E-state index contributed by atoms with van der Waals surface area (Å²) in [5.41, 5.74) is 4.94. The van der Waals surface area contributed by atoms with Crippen molar-refractivity contribution in [1.82, 2.24) is 15.7 Å². The molecular formula is C19H24N4O4S. The van der Waals surface area contributed by atoms with Gasteiger partial charge in [0.15, 0.2) is 0 Å². The van der Waals surface area contributed by atoms with Crippen LogP contribution in [0.3, 0.4) is 0 Å². The summed E-state index contributed by atoms with van der Waals surface area (Å²) in [5, 5.41) is 25.0. The smallest absolute Gasteiger partial charge is 0.318 e. The minimum Gasteiger partial charge on any atom is -0.391 e. The first-order chi connectivity index (χ1) is 13.5. The molecule has 3 amide bonds. The molecule has 2 heterocycles. The highest BCUT2D eigenvalue weighted by molar-refractivity contribution is 7.08. The molecule has 0 spiro atoms. The molecule has 1 aliphatic rings. The predicted molar refractivity (Wildman–Crippen MR) is 107 cm³/mol. The van der Waals surface area contributed by atoms with Gasteiger partial charge < -0.3 is 20.2 Å². The number of aliphatic hydroxyl groups is 1. The van der Waals surface area contributed by atoms with E-state index >= 15 is 0 Å². The maximum atomic E-state index is 12.4. The predicted octanol–water partition coefficient (Wildman–Crippen LogP) is 1.50. The molecule has 1 saturated heterocycles. The van der Waals surface area contributed by atoms with E-state index in [0.717, 1.165) is 5.69 Å². The van der Waals surface area contributed by atoms with Gasteiger partial charge in [-0.25, -0.2) is 10.3 Å². The maximum Gasteiger partial charge on any atom is 0.318 e. The van der Waals surface area contributed by atoms with E-state index < -0.39 is 24.1 Å². The zero-order valence-corrected chi connectivity index (χ0v) is 16.4. The first-order valence-electron chi connectivity index (χ1n) is 9.04. The summed E-state index contributed by atoms with van der Waals surface area (Å²) >= 11 is 1.67. The Morgan fingerprint density at radius 1 is 1.07 bits per heavy atom. The Balaban J connectivity index is 1.55. The first-order valence-corrected chi connectivity index (χ1v) is 9.99. The summed E-state index contributed by atoms with van der Waals surface area (Å²) in [6.45, 7) is 3.68. The fourth-order valence-electron chi connectivity index (χ4n) is 3.16. The van der Waals surface area contributed by atoms with Gasteiger partial charge in [0.2, 0.25) is 0 Å². The van der Waals surface area contributed by atoms with E-state index in [1.807, 2.05) is 0 Å². The number of carbonyl (C=O) groups excluding carboxylic acids is 2. The van der Waals surface area contributed by atoms with Gasteiger partial charge in [-0.1, -0.05) is 12.1 Å². The van der Waals surface area contributed by atoms with Crippen molar-refractivity contribution in [2.45, 2.75) is 19.1 Å². The van der Waals surface area contributed by atoms with Crippen LogP contribution in [-0.2, 0) is 4.79 Å². The van der Waals surface area contributed by atoms with E-state index in [9.17, 15) is 14.7 Å². The highest BCUT2D eigenvalue weighted by Crippen LogP contribution is 2.25. The van der Waals surface area contributed by atoms with Crippen LogP contribution in [0.25, 0.3) is 11.1 Å². The van der Waals surface area contributed by atoms with Crippen molar-refractivity contribution in [1.29, 1.82) is 0 Å². The normalized spacial score (nSPS) is 16.4. The number of aliphatic hydroxyl groups excluding tert-OH is 1. The lowest BCUT2D eigenvalue weighted by atomic mass is 10.1. The van der Waals surface area contributed by atoms with Crippen molar-refractivity contribution >= 4 is 29.0 Å². The molecule has 2 aromatic rings. The fraction of sp³-hybridized carbons (Fsp3) is 0.368.